The van der Waals surface area contributed by atoms with Crippen molar-refractivity contribution in [2.75, 3.05) is 9.80 Å². The van der Waals surface area contributed by atoms with Crippen LogP contribution in [0.5, 0.6) is 0 Å². The molecular formula is C128H108N2. The maximum absolute atomic E-state index is 2.53. The molecule has 0 radical (unpaired) electrons. The first-order chi connectivity index (χ1) is 63.1. The van der Waals surface area contributed by atoms with Gasteiger partial charge in [-0.25, -0.2) is 0 Å². The van der Waals surface area contributed by atoms with Crippen LogP contribution in [0.4, 0.5) is 34.1 Å². The highest BCUT2D eigenvalue weighted by molar-refractivity contribution is 6.15. The first-order valence-electron chi connectivity index (χ1n) is 46.3. The fraction of sp³-hybridized carbons (Fsp3) is 0.141. The van der Waals surface area contributed by atoms with Crippen molar-refractivity contribution in [2.45, 2.75) is 110 Å². The largest absolute Gasteiger partial charge is 0.310 e. The number of allylic oxidation sites excluding steroid dienone is 8. The summed E-state index contributed by atoms with van der Waals surface area (Å²) in [6, 6.07) is 149. The van der Waals surface area contributed by atoms with Gasteiger partial charge in [-0.15, -0.1) is 0 Å². The van der Waals surface area contributed by atoms with Crippen molar-refractivity contribution in [1.82, 2.24) is 0 Å². The van der Waals surface area contributed by atoms with Gasteiger partial charge >= 0.3 is 0 Å². The molecule has 0 heterocycles. The standard InChI is InChI=1S/C128H108N2/c1-125(2,3)96-75-94(76-97(81-96)126(4,5)6)109-60-30-42-88-44-32-63-117(123(88)109)114-55-19-21-66-119(114)129(101-49-25-46-91(79-101)107-57-27-38-84-35-12-15-51-103(84)107)100-72-69-87(70-73-100)106-59-34-65-116-112(106)74-71-90-41-24-48-93(122(90)116)83-128(10,11)99-78-95(77-98(82-99)127(7,8)9)110-61-31-43-89-45-33-64-118(124(89)110)115-56-20-23-68-121(115)130(102-50-26-47-92(80-102)108-58-28-39-85-36-13-16-52-104(85)108)120-67-22-18-54-113(120)111-62-29-40-86-37-14-17-53-105(86)111/h12-82,117,123H,83H2,1-11H3. The minimum atomic E-state index is -0.329. The van der Waals surface area contributed by atoms with Gasteiger partial charge in [0.2, 0.25) is 0 Å². The maximum atomic E-state index is 2.53. The van der Waals surface area contributed by atoms with Gasteiger partial charge in [-0.05, 0) is 253 Å². The van der Waals surface area contributed by atoms with E-state index in [-0.39, 0.29) is 33.5 Å². The Bertz CT molecular complexity index is 7750. The molecule has 0 saturated heterocycles. The van der Waals surface area contributed by atoms with Crippen LogP contribution in [0.3, 0.4) is 0 Å². The van der Waals surface area contributed by atoms with Crippen LogP contribution in [0.2, 0.25) is 0 Å². The molecule has 2 heteroatoms. The predicted molar refractivity (Wildman–Crippen MR) is 560 cm³/mol. The molecule has 0 bridgehead atoms. The summed E-state index contributed by atoms with van der Waals surface area (Å²) in [6.45, 7) is 26.1. The van der Waals surface area contributed by atoms with Crippen molar-refractivity contribution in [3.05, 3.63) is 475 Å². The number of hydrogen-bond donors (Lipinski definition) is 0. The molecule has 19 aromatic carbocycles. The van der Waals surface area contributed by atoms with Crippen LogP contribution < -0.4 is 9.80 Å². The van der Waals surface area contributed by atoms with Gasteiger partial charge in [0.05, 0.1) is 11.4 Å². The molecular weight excluding hydrogens is 1570 g/mol. The monoisotopic (exact) mass is 1670 g/mol. The van der Waals surface area contributed by atoms with Crippen LogP contribution in [0.1, 0.15) is 121 Å². The Morgan fingerprint density at radius 1 is 0.254 bits per heavy atom. The second-order valence-electron chi connectivity index (χ2n) is 39.6. The summed E-state index contributed by atoms with van der Waals surface area (Å²) in [4.78, 5) is 5.06. The zero-order valence-electron chi connectivity index (χ0n) is 76.2. The van der Waals surface area contributed by atoms with E-state index in [9.17, 15) is 0 Å². The second kappa shape index (κ2) is 33.2. The highest BCUT2D eigenvalue weighted by atomic mass is 15.2. The number of rotatable bonds is 17. The zero-order valence-corrected chi connectivity index (χ0v) is 76.2. The number of anilines is 6. The molecule has 0 aromatic heterocycles. The lowest BCUT2D eigenvalue weighted by Crippen LogP contribution is -2.23. The molecule has 0 fully saturated rings. The Balaban J connectivity index is 0.654. The second-order valence-corrected chi connectivity index (χ2v) is 39.6. The van der Waals surface area contributed by atoms with E-state index < -0.39 is 0 Å². The van der Waals surface area contributed by atoms with E-state index in [2.05, 4.69) is 517 Å². The summed E-state index contributed by atoms with van der Waals surface area (Å²) in [5, 5.41) is 14.8. The van der Waals surface area contributed by atoms with E-state index >= 15 is 0 Å². The van der Waals surface area contributed by atoms with Crippen LogP contribution in [-0.2, 0) is 28.1 Å². The average Bonchev–Trinajstić information content (AvgIpc) is 0.747. The van der Waals surface area contributed by atoms with Crippen LogP contribution >= 0.6 is 0 Å². The third-order valence-corrected chi connectivity index (χ3v) is 27.7. The van der Waals surface area contributed by atoms with E-state index in [4.69, 9.17) is 0 Å². The molecule has 19 aromatic rings. The molecule has 2 nitrogen and oxygen atoms in total. The summed E-state index contributed by atoms with van der Waals surface area (Å²) in [5.41, 5.74) is 32.1. The fourth-order valence-electron chi connectivity index (χ4n) is 20.9. The van der Waals surface area contributed by atoms with Crippen molar-refractivity contribution in [3.63, 3.8) is 0 Å². The Morgan fingerprint density at radius 3 is 1.28 bits per heavy atom. The lowest BCUT2D eigenvalue weighted by molar-refractivity contribution is 0.519. The zero-order chi connectivity index (χ0) is 88.7. The van der Waals surface area contributed by atoms with Gasteiger partial charge in [0.25, 0.3) is 0 Å². The van der Waals surface area contributed by atoms with Crippen molar-refractivity contribution < 1.29 is 0 Å². The first kappa shape index (κ1) is 82.3. The molecule has 2 aliphatic carbocycles. The van der Waals surface area contributed by atoms with E-state index in [1.54, 1.807) is 0 Å². The molecule has 2 unspecified atom stereocenters. The first-order valence-corrected chi connectivity index (χ1v) is 46.3. The molecule has 630 valence electrons. The lowest BCUT2D eigenvalue weighted by atomic mass is 9.69. The highest BCUT2D eigenvalue weighted by Gasteiger charge is 2.36. The summed E-state index contributed by atoms with van der Waals surface area (Å²) >= 11 is 0. The Labute approximate surface area is 766 Å². The lowest BCUT2D eigenvalue weighted by Gasteiger charge is -2.37. The molecule has 0 amide bonds. The minimum Gasteiger partial charge on any atom is -0.310 e. The van der Waals surface area contributed by atoms with Crippen molar-refractivity contribution in [3.8, 4) is 66.8 Å². The molecule has 0 N–H and O–H groups in total. The maximum Gasteiger partial charge on any atom is 0.0540 e. The normalized spacial score (nSPS) is 14.2. The molecule has 2 atom stereocenters. The van der Waals surface area contributed by atoms with Crippen molar-refractivity contribution >= 4 is 104 Å². The van der Waals surface area contributed by atoms with Gasteiger partial charge in [0.15, 0.2) is 0 Å². The topological polar surface area (TPSA) is 6.48 Å². The molecule has 0 aliphatic heterocycles. The molecule has 0 saturated carbocycles. The van der Waals surface area contributed by atoms with Gasteiger partial charge in [0.1, 0.15) is 0 Å². The third kappa shape index (κ3) is 15.3. The van der Waals surface area contributed by atoms with E-state index in [0.29, 0.717) is 0 Å². The number of fused-ring (bicyclic) bond motifs is 8. The quantitative estimate of drug-likeness (QED) is 0.0839. The molecule has 130 heavy (non-hydrogen) atoms. The predicted octanol–water partition coefficient (Wildman–Crippen LogP) is 35.8. The summed E-state index contributed by atoms with van der Waals surface area (Å²) in [5.74, 6) is 0.0991. The third-order valence-electron chi connectivity index (χ3n) is 27.7. The van der Waals surface area contributed by atoms with Gasteiger partial charge in [-0.3, -0.25) is 0 Å². The van der Waals surface area contributed by atoms with Crippen LogP contribution in [0.25, 0.3) is 137 Å². The van der Waals surface area contributed by atoms with Gasteiger partial charge in [0, 0.05) is 45.7 Å². The van der Waals surface area contributed by atoms with Gasteiger partial charge < -0.3 is 9.80 Å². The average molecular weight is 1670 g/mol. The van der Waals surface area contributed by atoms with Crippen LogP contribution in [0.15, 0.2) is 436 Å². The van der Waals surface area contributed by atoms with E-state index in [1.165, 1.54) is 165 Å². The Morgan fingerprint density at radius 2 is 0.685 bits per heavy atom. The number of hydrogen-bond acceptors (Lipinski definition) is 2. The number of nitrogens with zero attached hydrogens (tertiary/aromatic N) is 2. The fourth-order valence-corrected chi connectivity index (χ4v) is 20.9. The van der Waals surface area contributed by atoms with Gasteiger partial charge in [-0.2, -0.15) is 0 Å². The Kier molecular flexibility index (Phi) is 21.0. The van der Waals surface area contributed by atoms with Gasteiger partial charge in [-0.1, -0.05) is 452 Å². The molecule has 0 spiro atoms. The summed E-state index contributed by atoms with van der Waals surface area (Å²) in [7, 11) is 0. The Hall–Kier alpha value is -14.7. The summed E-state index contributed by atoms with van der Waals surface area (Å²) in [6.07, 6.45) is 14.9. The van der Waals surface area contributed by atoms with Crippen LogP contribution in [-0.4, -0.2) is 0 Å². The highest BCUT2D eigenvalue weighted by Crippen LogP contribution is 2.54. The van der Waals surface area contributed by atoms with E-state index in [1.807, 2.05) is 0 Å². The van der Waals surface area contributed by atoms with Crippen LogP contribution in [0, 0.1) is 5.92 Å². The number of benzene rings is 19. The van der Waals surface area contributed by atoms with Crippen molar-refractivity contribution in [2.24, 2.45) is 5.92 Å². The van der Waals surface area contributed by atoms with E-state index in [0.717, 1.165) is 57.2 Å². The minimum absolute atomic E-state index is 0.0213. The smallest absolute Gasteiger partial charge is 0.0540 e. The molecule has 21 rings (SSSR count). The number of para-hydroxylation sites is 3. The van der Waals surface area contributed by atoms with Crippen molar-refractivity contribution in [1.29, 1.82) is 0 Å². The summed E-state index contributed by atoms with van der Waals surface area (Å²) < 4.78 is 0. The molecule has 2 aliphatic rings. The SMILES string of the molecule is CC(C)(C)c1cc(C2=CC=CC3=CC=CC(c4ccccc4N(c4ccc(-c5cccc6c5ccc5cccc(CC(C)(C)c7cc(-c8cccc9cccc(-c%10ccccc%10N(c%10cccc(-c%11cccc%12ccccc%11%12)c%10)c%10ccccc%10-c%10cccc%11ccccc%10%11)c89)cc(C(C)(C)C)c7)c56)cc4)c4cccc(-c5cccc6ccccc56)c4)C32)cc(C(C)(C)C)c1.